The number of carbonyl (C=O) groups excluding carboxylic acids is 1. The summed E-state index contributed by atoms with van der Waals surface area (Å²) in [7, 11) is -6.80. The molecule has 32 heavy (non-hydrogen) atoms. The molecule has 1 saturated heterocycles. The molecule has 0 aliphatic carbocycles. The van der Waals surface area contributed by atoms with Crippen molar-refractivity contribution in [3.63, 3.8) is 0 Å². The number of benzene rings is 2. The zero-order chi connectivity index (χ0) is 23.5. The lowest BCUT2D eigenvalue weighted by Crippen LogP contribution is -2.43. The first-order valence-corrected chi connectivity index (χ1v) is 14.2. The van der Waals surface area contributed by atoms with Crippen molar-refractivity contribution in [2.45, 2.75) is 36.5 Å². The summed E-state index contributed by atoms with van der Waals surface area (Å²) < 4.78 is 50.1. The lowest BCUT2D eigenvalue weighted by molar-refractivity contribution is -0.126. The van der Waals surface area contributed by atoms with Crippen LogP contribution in [0.3, 0.4) is 0 Å². The molecule has 1 atom stereocenters. The summed E-state index contributed by atoms with van der Waals surface area (Å²) in [4.78, 5) is 12.9. The van der Waals surface area contributed by atoms with Crippen molar-refractivity contribution < 1.29 is 21.6 Å². The smallest absolute Gasteiger partial charge is 0.223 e. The molecule has 0 bridgehead atoms. The van der Waals surface area contributed by atoms with Gasteiger partial charge in [0.25, 0.3) is 0 Å². The maximum Gasteiger partial charge on any atom is 0.223 e. The number of hydrogen-bond acceptors (Lipinski definition) is 5. The summed E-state index contributed by atoms with van der Waals surface area (Å²) in [5.41, 5.74) is 1.36. The summed E-state index contributed by atoms with van der Waals surface area (Å²) in [6, 6.07) is 13.0. The van der Waals surface area contributed by atoms with E-state index >= 15 is 0 Å². The Bertz CT molecular complexity index is 1170. The van der Waals surface area contributed by atoms with Crippen molar-refractivity contribution in [3.05, 3.63) is 64.7 Å². The zero-order valence-corrected chi connectivity index (χ0v) is 20.4. The minimum absolute atomic E-state index is 0.132. The van der Waals surface area contributed by atoms with Crippen LogP contribution >= 0.6 is 11.6 Å². The van der Waals surface area contributed by atoms with Crippen LogP contribution in [0.2, 0.25) is 5.02 Å². The highest BCUT2D eigenvalue weighted by atomic mass is 35.5. The molecular formula is C22H27ClN2O5S2. The van der Waals surface area contributed by atoms with E-state index in [2.05, 4.69) is 5.32 Å². The van der Waals surface area contributed by atoms with E-state index in [0.717, 1.165) is 11.8 Å². The SMILES string of the molecule is C[C@H](NC(=O)C1CCN(S(=O)(=O)Cc2ccccc2Cl)CC1)c1ccc(S(C)(=O)=O)cc1. The van der Waals surface area contributed by atoms with Gasteiger partial charge in [-0.25, -0.2) is 21.1 Å². The van der Waals surface area contributed by atoms with Gasteiger partial charge < -0.3 is 5.32 Å². The molecule has 3 rings (SSSR count). The second-order valence-electron chi connectivity index (χ2n) is 8.09. The molecule has 1 aliphatic rings. The van der Waals surface area contributed by atoms with Crippen molar-refractivity contribution in [3.8, 4) is 0 Å². The number of halogens is 1. The fraction of sp³-hybridized carbons (Fsp3) is 0.409. The standard InChI is InChI=1S/C22H27ClN2O5S2/c1-16(17-7-9-20(10-8-17)31(2,27)28)24-22(26)18-11-13-25(14-12-18)32(29,30)15-19-5-3-4-6-21(19)23/h3-10,16,18H,11-15H2,1-2H3,(H,24,26)/t16-/m0/s1. The first-order chi connectivity index (χ1) is 15.0. The van der Waals surface area contributed by atoms with Gasteiger partial charge in [0.05, 0.1) is 16.7 Å². The van der Waals surface area contributed by atoms with Crippen LogP contribution in [-0.4, -0.2) is 46.4 Å². The van der Waals surface area contributed by atoms with Gasteiger partial charge in [0.1, 0.15) is 0 Å². The summed E-state index contributed by atoms with van der Waals surface area (Å²) in [6.45, 7) is 2.39. The van der Waals surface area contributed by atoms with Crippen LogP contribution in [0.4, 0.5) is 0 Å². The Kier molecular flexibility index (Phi) is 7.65. The zero-order valence-electron chi connectivity index (χ0n) is 18.0. The van der Waals surface area contributed by atoms with Crippen LogP contribution < -0.4 is 5.32 Å². The third-order valence-corrected chi connectivity index (χ3v) is 9.01. The predicted molar refractivity (Wildman–Crippen MR) is 124 cm³/mol. The molecule has 0 saturated carbocycles. The summed E-state index contributed by atoms with van der Waals surface area (Å²) in [6.07, 6.45) is 2.02. The van der Waals surface area contributed by atoms with Crippen LogP contribution in [0.1, 0.15) is 36.9 Å². The monoisotopic (exact) mass is 498 g/mol. The Balaban J connectivity index is 1.55. The molecule has 1 heterocycles. The van der Waals surface area contributed by atoms with E-state index in [1.165, 1.54) is 16.4 Å². The molecule has 1 aliphatic heterocycles. The molecule has 1 amide bonds. The van der Waals surface area contributed by atoms with Gasteiger partial charge in [-0.2, -0.15) is 0 Å². The average molecular weight is 499 g/mol. The Labute approximate surface area is 194 Å². The first-order valence-electron chi connectivity index (χ1n) is 10.3. The summed E-state index contributed by atoms with van der Waals surface area (Å²) >= 11 is 6.10. The lowest BCUT2D eigenvalue weighted by Gasteiger charge is -2.31. The Hall–Kier alpha value is -1.94. The molecule has 1 N–H and O–H groups in total. The number of piperidine rings is 1. The molecular weight excluding hydrogens is 472 g/mol. The van der Waals surface area contributed by atoms with E-state index in [1.54, 1.807) is 36.4 Å². The number of amides is 1. The normalized spacial score (nSPS) is 17.1. The van der Waals surface area contributed by atoms with E-state index in [4.69, 9.17) is 11.6 Å². The molecule has 10 heteroatoms. The third-order valence-electron chi connectivity index (χ3n) is 5.68. The van der Waals surface area contributed by atoms with E-state index < -0.39 is 19.9 Å². The van der Waals surface area contributed by atoms with Crippen molar-refractivity contribution in [2.24, 2.45) is 5.92 Å². The van der Waals surface area contributed by atoms with Gasteiger partial charge in [-0.15, -0.1) is 0 Å². The van der Waals surface area contributed by atoms with Crippen molar-refractivity contribution in [1.29, 1.82) is 0 Å². The van der Waals surface area contributed by atoms with Crippen LogP contribution in [0.15, 0.2) is 53.4 Å². The van der Waals surface area contributed by atoms with Crippen LogP contribution in [-0.2, 0) is 30.4 Å². The molecule has 174 valence electrons. The predicted octanol–water partition coefficient (Wildman–Crippen LogP) is 3.16. The number of hydrogen-bond donors (Lipinski definition) is 1. The number of rotatable bonds is 7. The molecule has 0 aromatic heterocycles. The number of nitrogens with zero attached hydrogens (tertiary/aromatic N) is 1. The second kappa shape index (κ2) is 9.91. The highest BCUT2D eigenvalue weighted by molar-refractivity contribution is 7.90. The summed E-state index contributed by atoms with van der Waals surface area (Å²) in [5, 5.41) is 3.37. The molecule has 0 spiro atoms. The Morgan fingerprint density at radius 1 is 1.06 bits per heavy atom. The van der Waals surface area contributed by atoms with E-state index in [1.807, 2.05) is 6.92 Å². The van der Waals surface area contributed by atoms with Crippen molar-refractivity contribution in [1.82, 2.24) is 9.62 Å². The summed E-state index contributed by atoms with van der Waals surface area (Å²) in [5.74, 6) is -0.573. The van der Waals surface area contributed by atoms with E-state index in [9.17, 15) is 21.6 Å². The Morgan fingerprint density at radius 2 is 1.66 bits per heavy atom. The van der Waals surface area contributed by atoms with E-state index in [-0.39, 0.29) is 41.6 Å². The van der Waals surface area contributed by atoms with Gasteiger partial charge in [0.15, 0.2) is 9.84 Å². The quantitative estimate of drug-likeness (QED) is 0.632. The minimum Gasteiger partial charge on any atom is -0.349 e. The Morgan fingerprint density at radius 3 is 2.22 bits per heavy atom. The van der Waals surface area contributed by atoms with Crippen molar-refractivity contribution in [2.75, 3.05) is 19.3 Å². The number of carbonyl (C=O) groups is 1. The fourth-order valence-corrected chi connectivity index (χ4v) is 6.22. The molecule has 0 radical (unpaired) electrons. The highest BCUT2D eigenvalue weighted by Crippen LogP contribution is 2.25. The molecule has 2 aromatic carbocycles. The molecule has 2 aromatic rings. The maximum absolute atomic E-state index is 12.8. The van der Waals surface area contributed by atoms with Gasteiger partial charge >= 0.3 is 0 Å². The van der Waals surface area contributed by atoms with Gasteiger partial charge in [0.2, 0.25) is 15.9 Å². The largest absolute Gasteiger partial charge is 0.349 e. The topological polar surface area (TPSA) is 101 Å². The highest BCUT2D eigenvalue weighted by Gasteiger charge is 2.32. The van der Waals surface area contributed by atoms with Crippen molar-refractivity contribution >= 4 is 37.4 Å². The number of sulfone groups is 1. The molecule has 0 unspecified atom stereocenters. The maximum atomic E-state index is 12.8. The molecule has 1 fully saturated rings. The number of nitrogens with one attached hydrogen (secondary N) is 1. The van der Waals surface area contributed by atoms with Crippen LogP contribution in [0.5, 0.6) is 0 Å². The third kappa shape index (κ3) is 6.10. The van der Waals surface area contributed by atoms with E-state index in [0.29, 0.717) is 23.4 Å². The van der Waals surface area contributed by atoms with Gasteiger partial charge in [-0.3, -0.25) is 4.79 Å². The van der Waals surface area contributed by atoms with Gasteiger partial charge in [-0.05, 0) is 49.1 Å². The molecule has 7 nitrogen and oxygen atoms in total. The minimum atomic E-state index is -3.52. The van der Waals surface area contributed by atoms with Crippen LogP contribution in [0.25, 0.3) is 0 Å². The number of sulfonamides is 1. The van der Waals surface area contributed by atoms with Gasteiger partial charge in [-0.1, -0.05) is 41.9 Å². The fourth-order valence-electron chi connectivity index (χ4n) is 3.72. The van der Waals surface area contributed by atoms with Crippen LogP contribution in [0, 0.1) is 5.92 Å². The lowest BCUT2D eigenvalue weighted by atomic mass is 9.96. The first kappa shape index (κ1) is 24.7. The van der Waals surface area contributed by atoms with Gasteiger partial charge in [0, 0.05) is 30.3 Å². The average Bonchev–Trinajstić information content (AvgIpc) is 2.75. The second-order valence-corrected chi connectivity index (χ2v) is 12.5.